The number of rotatable bonds is 5. The number of benzene rings is 8. The van der Waals surface area contributed by atoms with Gasteiger partial charge in [-0.2, -0.15) is 0 Å². The van der Waals surface area contributed by atoms with Crippen molar-refractivity contribution < 1.29 is 4.74 Å². The highest BCUT2D eigenvalue weighted by molar-refractivity contribution is 5.95. The Morgan fingerprint density at radius 1 is 0.354 bits per heavy atom. The third-order valence-corrected chi connectivity index (χ3v) is 13.6. The Balaban J connectivity index is 1.10. The first-order valence-electron chi connectivity index (χ1n) is 22.1. The molecule has 0 fully saturated rings. The first-order chi connectivity index (χ1) is 32.0. The van der Waals surface area contributed by atoms with Crippen molar-refractivity contribution in [2.75, 3.05) is 0 Å². The molecule has 2 aliphatic carbocycles. The van der Waals surface area contributed by atoms with E-state index in [1.807, 2.05) is 48.5 Å². The molecular weight excluding hydrogens is 795 g/mol. The standard InChI is InChI=1S/C59H39N5O/c1-58(2)44-28-13-12-25-42(44)50-52(36-19-6-3-7-20-36)60-56(61-53(50)58)39-33-34-40-41-26-18-27-43(57-63-54(37-21-8-4-9-22-37)62-55(64-57)38-23-10-5-11-24-38)51(41)59(47(40)35-39)45-29-14-16-31-48(45)65-49-32-17-15-30-46(49)59/h3-35H,1-2H3. The predicted molar refractivity (Wildman–Crippen MR) is 258 cm³/mol. The van der Waals surface area contributed by atoms with E-state index in [1.54, 1.807) is 0 Å². The van der Waals surface area contributed by atoms with Crippen LogP contribution in [0.5, 0.6) is 11.5 Å². The van der Waals surface area contributed by atoms with Gasteiger partial charge in [0.05, 0.1) is 16.8 Å². The zero-order valence-electron chi connectivity index (χ0n) is 35.7. The van der Waals surface area contributed by atoms with Crippen molar-refractivity contribution in [3.05, 3.63) is 234 Å². The third kappa shape index (κ3) is 5.44. The van der Waals surface area contributed by atoms with Crippen LogP contribution in [0.2, 0.25) is 0 Å². The molecule has 1 aliphatic heterocycles. The Morgan fingerprint density at radius 2 is 0.862 bits per heavy atom. The van der Waals surface area contributed by atoms with Crippen molar-refractivity contribution in [1.29, 1.82) is 0 Å². The second-order valence-corrected chi connectivity index (χ2v) is 17.5. The number of fused-ring (bicyclic) bond motifs is 12. The minimum absolute atomic E-state index is 0.337. The van der Waals surface area contributed by atoms with E-state index in [0.717, 1.165) is 89.6 Å². The zero-order valence-corrected chi connectivity index (χ0v) is 35.7. The van der Waals surface area contributed by atoms with Crippen LogP contribution in [0.1, 0.15) is 47.4 Å². The quantitative estimate of drug-likeness (QED) is 0.172. The highest BCUT2D eigenvalue weighted by atomic mass is 16.5. The van der Waals surface area contributed by atoms with E-state index in [1.165, 1.54) is 11.1 Å². The van der Waals surface area contributed by atoms with Crippen LogP contribution in [-0.2, 0) is 10.8 Å². The molecule has 65 heavy (non-hydrogen) atoms. The maximum Gasteiger partial charge on any atom is 0.164 e. The van der Waals surface area contributed by atoms with Crippen molar-refractivity contribution >= 4 is 0 Å². The average molecular weight is 834 g/mol. The molecule has 6 heteroatoms. The molecule has 0 saturated heterocycles. The van der Waals surface area contributed by atoms with Gasteiger partial charge in [-0.05, 0) is 51.6 Å². The van der Waals surface area contributed by atoms with E-state index < -0.39 is 5.41 Å². The van der Waals surface area contributed by atoms with Gasteiger partial charge in [-0.1, -0.05) is 196 Å². The predicted octanol–water partition coefficient (Wildman–Crippen LogP) is 13.8. The molecule has 6 nitrogen and oxygen atoms in total. The summed E-state index contributed by atoms with van der Waals surface area (Å²) in [5.41, 5.74) is 15.6. The molecule has 10 aromatic rings. The summed E-state index contributed by atoms with van der Waals surface area (Å²) in [7, 11) is 0. The van der Waals surface area contributed by atoms with Crippen LogP contribution in [0.3, 0.4) is 0 Å². The molecule has 2 aromatic heterocycles. The van der Waals surface area contributed by atoms with Crippen LogP contribution in [0.4, 0.5) is 0 Å². The Hall–Kier alpha value is -8.35. The topological polar surface area (TPSA) is 73.7 Å². The smallest absolute Gasteiger partial charge is 0.164 e. The molecule has 8 aromatic carbocycles. The zero-order chi connectivity index (χ0) is 43.3. The first-order valence-corrected chi connectivity index (χ1v) is 22.1. The summed E-state index contributed by atoms with van der Waals surface area (Å²) in [4.78, 5) is 26.8. The highest BCUT2D eigenvalue weighted by Gasteiger charge is 2.53. The molecule has 1 spiro atoms. The van der Waals surface area contributed by atoms with Gasteiger partial charge in [0.15, 0.2) is 23.3 Å². The number of nitrogens with zero attached hydrogens (tertiary/aromatic N) is 5. The lowest BCUT2D eigenvalue weighted by Gasteiger charge is -2.40. The Morgan fingerprint density at radius 3 is 1.51 bits per heavy atom. The maximum atomic E-state index is 6.81. The van der Waals surface area contributed by atoms with Crippen molar-refractivity contribution in [3.8, 4) is 90.6 Å². The Kier molecular flexibility index (Phi) is 8.06. The molecule has 0 N–H and O–H groups in total. The van der Waals surface area contributed by atoms with Crippen LogP contribution in [0.25, 0.3) is 79.1 Å². The summed E-state index contributed by atoms with van der Waals surface area (Å²) in [6.07, 6.45) is 0. The molecule has 0 bridgehead atoms. The fourth-order valence-corrected chi connectivity index (χ4v) is 10.7. The average Bonchev–Trinajstić information content (AvgIpc) is 3.79. The van der Waals surface area contributed by atoms with Crippen molar-refractivity contribution in [2.45, 2.75) is 24.7 Å². The van der Waals surface area contributed by atoms with E-state index in [2.05, 4.69) is 166 Å². The Bertz CT molecular complexity index is 3450. The number of hydrogen-bond acceptors (Lipinski definition) is 6. The maximum absolute atomic E-state index is 6.81. The first kappa shape index (κ1) is 37.2. The summed E-state index contributed by atoms with van der Waals surface area (Å²) in [5, 5.41) is 0. The van der Waals surface area contributed by atoms with Gasteiger partial charge < -0.3 is 4.74 Å². The van der Waals surface area contributed by atoms with Gasteiger partial charge in [0.25, 0.3) is 0 Å². The number of para-hydroxylation sites is 2. The molecule has 0 atom stereocenters. The lowest BCUT2D eigenvalue weighted by atomic mass is 9.65. The summed E-state index contributed by atoms with van der Waals surface area (Å²) >= 11 is 0. The van der Waals surface area contributed by atoms with E-state index in [4.69, 9.17) is 29.7 Å². The fraction of sp³-hybridized carbons (Fsp3) is 0.0678. The van der Waals surface area contributed by atoms with E-state index in [-0.39, 0.29) is 5.41 Å². The summed E-state index contributed by atoms with van der Waals surface area (Å²) in [6, 6.07) is 69.8. The SMILES string of the molecule is CC1(C)c2ccccc2-c2c(-c3ccccc3)nc(-c3ccc4c(c3)C3(c5ccccc5Oc5ccccc53)c3c(-c5nc(-c6ccccc6)nc(-c6ccccc6)n5)cccc3-4)nc21. The number of aromatic nitrogens is 5. The molecule has 0 amide bonds. The van der Waals surface area contributed by atoms with Crippen LogP contribution < -0.4 is 4.74 Å². The molecule has 306 valence electrons. The van der Waals surface area contributed by atoms with Crippen LogP contribution in [0.15, 0.2) is 200 Å². The molecule has 0 saturated carbocycles. The molecule has 3 heterocycles. The minimum atomic E-state index is -0.844. The van der Waals surface area contributed by atoms with Gasteiger partial charge >= 0.3 is 0 Å². The third-order valence-electron chi connectivity index (χ3n) is 13.6. The molecule has 3 aliphatic rings. The van der Waals surface area contributed by atoms with Crippen LogP contribution in [-0.4, -0.2) is 24.9 Å². The minimum Gasteiger partial charge on any atom is -0.457 e. The van der Waals surface area contributed by atoms with Gasteiger partial charge in [0, 0.05) is 49.9 Å². The van der Waals surface area contributed by atoms with Crippen molar-refractivity contribution in [3.63, 3.8) is 0 Å². The van der Waals surface area contributed by atoms with E-state index in [9.17, 15) is 0 Å². The van der Waals surface area contributed by atoms with Crippen LogP contribution in [0, 0.1) is 0 Å². The van der Waals surface area contributed by atoms with E-state index in [0.29, 0.717) is 23.3 Å². The van der Waals surface area contributed by atoms with Gasteiger partial charge in [0.1, 0.15) is 11.5 Å². The molecule has 0 radical (unpaired) electrons. The van der Waals surface area contributed by atoms with Gasteiger partial charge in [-0.15, -0.1) is 0 Å². The number of ether oxygens (including phenoxy) is 1. The van der Waals surface area contributed by atoms with Gasteiger partial charge in [-0.3, -0.25) is 0 Å². The Labute approximate surface area is 377 Å². The monoisotopic (exact) mass is 833 g/mol. The van der Waals surface area contributed by atoms with Gasteiger partial charge in [0.2, 0.25) is 0 Å². The molecule has 13 rings (SSSR count). The van der Waals surface area contributed by atoms with Crippen LogP contribution >= 0.6 is 0 Å². The number of hydrogen-bond donors (Lipinski definition) is 0. The summed E-state index contributed by atoms with van der Waals surface area (Å²) in [6.45, 7) is 4.56. The normalized spacial score (nSPS) is 14.1. The highest BCUT2D eigenvalue weighted by Crippen LogP contribution is 2.64. The summed E-state index contributed by atoms with van der Waals surface area (Å²) in [5.74, 6) is 4.11. The second kappa shape index (κ2) is 14.1. The molecule has 0 unspecified atom stereocenters. The van der Waals surface area contributed by atoms with Crippen molar-refractivity contribution in [1.82, 2.24) is 24.9 Å². The van der Waals surface area contributed by atoms with Gasteiger partial charge in [-0.25, -0.2) is 24.9 Å². The fourth-order valence-electron chi connectivity index (χ4n) is 10.7. The lowest BCUT2D eigenvalue weighted by Crippen LogP contribution is -2.32. The second-order valence-electron chi connectivity index (χ2n) is 17.5. The van der Waals surface area contributed by atoms with E-state index >= 15 is 0 Å². The largest absolute Gasteiger partial charge is 0.457 e. The van der Waals surface area contributed by atoms with Crippen molar-refractivity contribution in [2.24, 2.45) is 0 Å². The summed E-state index contributed by atoms with van der Waals surface area (Å²) < 4.78 is 6.81. The lowest BCUT2D eigenvalue weighted by molar-refractivity contribution is 0.436. The molecular formula is C59H39N5O.